The molecule has 1 heterocycles. The molecule has 0 amide bonds. The maximum Gasteiger partial charge on any atom is 0.208 e. The molecule has 1 aliphatic carbocycles. The maximum absolute atomic E-state index is 10.8. The quantitative estimate of drug-likeness (QED) is 0.111. The van der Waals surface area contributed by atoms with Gasteiger partial charge < -0.3 is 30.1 Å². The van der Waals surface area contributed by atoms with Gasteiger partial charge in [-0.15, -0.1) is 0 Å². The van der Waals surface area contributed by atoms with Gasteiger partial charge >= 0.3 is 0 Å². The van der Waals surface area contributed by atoms with E-state index >= 15 is 0 Å². The second-order valence-corrected chi connectivity index (χ2v) is 12.9. The Bertz CT molecular complexity index is 1360. The fourth-order valence-electron chi connectivity index (χ4n) is 6.53. The van der Waals surface area contributed by atoms with Crippen molar-refractivity contribution < 1.29 is 34.9 Å². The third-order valence-electron chi connectivity index (χ3n) is 8.90. The smallest absolute Gasteiger partial charge is 0.208 e. The van der Waals surface area contributed by atoms with E-state index in [0.717, 1.165) is 24.0 Å². The Morgan fingerprint density at radius 1 is 0.976 bits per heavy atom. The molecule has 4 atom stereocenters. The number of aliphatic hydroxyl groups excluding tert-OH is 2. The number of ether oxygens (including phenoxy) is 1. The molecule has 7 nitrogen and oxygen atoms in total. The number of hydrogen-bond donors (Lipinski definition) is 4. The fourth-order valence-corrected chi connectivity index (χ4v) is 6.53. The van der Waals surface area contributed by atoms with Crippen LogP contribution in [0.25, 0.3) is 12.2 Å². The Morgan fingerprint density at radius 2 is 1.62 bits per heavy atom. The second kappa shape index (κ2) is 12.5. The summed E-state index contributed by atoms with van der Waals surface area (Å²) < 4.78 is 6.52. The first kappa shape index (κ1) is 31.7. The van der Waals surface area contributed by atoms with E-state index in [1.807, 2.05) is 45.1 Å². The first-order valence-electron chi connectivity index (χ1n) is 14.7. The molecule has 4 N–H and O–H groups in total. The Hall–Kier alpha value is -3.26. The van der Waals surface area contributed by atoms with Gasteiger partial charge in [-0.1, -0.05) is 49.3 Å². The van der Waals surface area contributed by atoms with Crippen molar-refractivity contribution in [3.8, 4) is 23.0 Å². The lowest BCUT2D eigenvalue weighted by molar-refractivity contribution is -0.197. The number of aliphatic hydroxyl groups is 2. The van der Waals surface area contributed by atoms with Gasteiger partial charge in [0.1, 0.15) is 17.1 Å². The molecular formula is C35H46O7. The monoisotopic (exact) mass is 578 g/mol. The van der Waals surface area contributed by atoms with Crippen LogP contribution in [0.4, 0.5) is 0 Å². The Morgan fingerprint density at radius 3 is 2.24 bits per heavy atom. The molecule has 0 saturated heterocycles. The van der Waals surface area contributed by atoms with Crippen molar-refractivity contribution in [1.29, 1.82) is 0 Å². The molecule has 1 saturated carbocycles. The van der Waals surface area contributed by atoms with Crippen molar-refractivity contribution in [2.75, 3.05) is 7.11 Å². The number of phenols is 2. The zero-order valence-corrected chi connectivity index (χ0v) is 25.9. The highest BCUT2D eigenvalue weighted by Crippen LogP contribution is 2.55. The highest BCUT2D eigenvalue weighted by molar-refractivity contribution is 5.73. The van der Waals surface area contributed by atoms with Crippen molar-refractivity contribution >= 4 is 12.2 Å². The largest absolute Gasteiger partial charge is 0.507 e. The summed E-state index contributed by atoms with van der Waals surface area (Å²) >= 11 is 0. The van der Waals surface area contributed by atoms with Crippen LogP contribution in [0.5, 0.6) is 23.0 Å². The zero-order chi connectivity index (χ0) is 30.8. The number of hydrogen-bond acceptors (Lipinski definition) is 7. The van der Waals surface area contributed by atoms with E-state index in [-0.39, 0.29) is 17.4 Å². The minimum absolute atomic E-state index is 0.0446. The topological polar surface area (TPSA) is 109 Å². The van der Waals surface area contributed by atoms with E-state index in [9.17, 15) is 20.4 Å². The van der Waals surface area contributed by atoms with Gasteiger partial charge in [-0.25, -0.2) is 0 Å². The summed E-state index contributed by atoms with van der Waals surface area (Å²) in [4.78, 5) is 10.5. The molecule has 1 fully saturated rings. The van der Waals surface area contributed by atoms with Gasteiger partial charge in [0.25, 0.3) is 0 Å². The predicted octanol–water partition coefficient (Wildman–Crippen LogP) is 6.91. The maximum atomic E-state index is 10.8. The predicted molar refractivity (Wildman–Crippen MR) is 166 cm³/mol. The highest BCUT2D eigenvalue weighted by atomic mass is 17.2. The van der Waals surface area contributed by atoms with Crippen LogP contribution < -0.4 is 9.62 Å². The third-order valence-corrected chi connectivity index (χ3v) is 8.90. The van der Waals surface area contributed by atoms with E-state index in [4.69, 9.17) is 14.5 Å². The summed E-state index contributed by atoms with van der Waals surface area (Å²) in [7, 11) is 1.43. The van der Waals surface area contributed by atoms with Crippen LogP contribution in [0.1, 0.15) is 83.1 Å². The van der Waals surface area contributed by atoms with Gasteiger partial charge in [0.05, 0.1) is 19.3 Å². The zero-order valence-electron chi connectivity index (χ0n) is 25.9. The molecule has 2 aliphatic rings. The number of fused-ring (bicyclic) bond motifs is 2. The summed E-state index contributed by atoms with van der Waals surface area (Å²) in [6.07, 6.45) is 9.51. The van der Waals surface area contributed by atoms with Crippen LogP contribution in [0.2, 0.25) is 0 Å². The van der Waals surface area contributed by atoms with Crippen molar-refractivity contribution in [1.82, 2.24) is 0 Å². The fraction of sp³-hybridized carbons (Fsp3) is 0.486. The Labute approximate surface area is 249 Å². The molecule has 1 aliphatic heterocycles. The van der Waals surface area contributed by atoms with Gasteiger partial charge in [0, 0.05) is 23.3 Å². The number of rotatable bonds is 9. The van der Waals surface area contributed by atoms with E-state index in [1.165, 1.54) is 18.3 Å². The molecule has 0 radical (unpaired) electrons. The van der Waals surface area contributed by atoms with Crippen molar-refractivity contribution in [3.63, 3.8) is 0 Å². The average molecular weight is 579 g/mol. The molecule has 42 heavy (non-hydrogen) atoms. The number of benzene rings is 2. The molecule has 7 heteroatoms. The SMILES string of the molecule is COOc1cc(C=Cc2cc(O)c(CC=C(C)CCC=C(C)C)c(O)c2)cc2c1OC1(C)CC(O)C(O)C(C)(C)C1C2. The van der Waals surface area contributed by atoms with Crippen LogP contribution in [0.15, 0.2) is 47.6 Å². The molecular weight excluding hydrogens is 532 g/mol. The van der Waals surface area contributed by atoms with Crippen molar-refractivity contribution in [3.05, 3.63) is 69.8 Å². The highest BCUT2D eigenvalue weighted by Gasteiger charge is 2.58. The lowest BCUT2D eigenvalue weighted by Crippen LogP contribution is -2.63. The van der Waals surface area contributed by atoms with Crippen LogP contribution >= 0.6 is 0 Å². The first-order chi connectivity index (χ1) is 19.7. The van der Waals surface area contributed by atoms with E-state index < -0.39 is 23.2 Å². The first-order valence-corrected chi connectivity index (χ1v) is 14.7. The standard InChI is InChI=1S/C35H46O7/c1-21(2)9-8-10-22(3)11-14-26-27(36)16-24(17-28(26)37)13-12-23-15-25-19-31-34(4,5)33(39)29(38)20-35(31,6)41-32(25)30(18-23)42-40-7/h9,11-13,15-18,29,31,33,36-39H,8,10,14,19-20H2,1-7H3. The van der Waals surface area contributed by atoms with E-state index in [2.05, 4.69) is 26.8 Å². The Kier molecular flexibility index (Phi) is 9.46. The van der Waals surface area contributed by atoms with Gasteiger partial charge in [-0.05, 0) is 94.3 Å². The average Bonchev–Trinajstić information content (AvgIpc) is 2.90. The summed E-state index contributed by atoms with van der Waals surface area (Å²) in [6.45, 7) is 12.2. The minimum atomic E-state index is -0.886. The van der Waals surface area contributed by atoms with Crippen LogP contribution in [-0.4, -0.2) is 45.3 Å². The molecule has 2 aromatic rings. The number of aromatic hydroxyl groups is 2. The molecule has 228 valence electrons. The Balaban J connectivity index is 1.58. The number of allylic oxidation sites excluding steroid dienone is 4. The second-order valence-electron chi connectivity index (χ2n) is 12.9. The molecule has 0 aromatic heterocycles. The normalized spacial score (nSPS) is 25.0. The molecule has 4 rings (SSSR count). The minimum Gasteiger partial charge on any atom is -0.507 e. The summed E-state index contributed by atoms with van der Waals surface area (Å²) in [6, 6.07) is 7.11. The summed E-state index contributed by atoms with van der Waals surface area (Å²) in [5.41, 5.74) is 4.13. The van der Waals surface area contributed by atoms with Crippen LogP contribution in [0, 0.1) is 11.3 Å². The van der Waals surface area contributed by atoms with Gasteiger partial charge in [0.2, 0.25) is 5.75 Å². The van der Waals surface area contributed by atoms with Crippen molar-refractivity contribution in [2.45, 2.75) is 91.5 Å². The van der Waals surface area contributed by atoms with E-state index in [0.29, 0.717) is 41.9 Å². The van der Waals surface area contributed by atoms with E-state index in [1.54, 1.807) is 18.2 Å². The molecule has 0 spiro atoms. The summed E-state index contributed by atoms with van der Waals surface area (Å²) in [5.74, 6) is 1.03. The van der Waals surface area contributed by atoms with Crippen LogP contribution in [-0.2, 0) is 17.7 Å². The molecule has 4 unspecified atom stereocenters. The van der Waals surface area contributed by atoms with Gasteiger partial charge in [-0.3, -0.25) is 0 Å². The molecule has 0 bridgehead atoms. The number of phenolic OH excluding ortho intramolecular Hbond substituents is 2. The summed E-state index contributed by atoms with van der Waals surface area (Å²) in [5, 5.41) is 42.8. The van der Waals surface area contributed by atoms with Crippen molar-refractivity contribution in [2.24, 2.45) is 11.3 Å². The third kappa shape index (κ3) is 6.69. The van der Waals surface area contributed by atoms with Crippen LogP contribution in [0.3, 0.4) is 0 Å². The lowest BCUT2D eigenvalue weighted by Gasteiger charge is -2.56. The molecule has 2 aromatic carbocycles. The van der Waals surface area contributed by atoms with Gasteiger partial charge in [-0.2, -0.15) is 4.89 Å². The lowest BCUT2D eigenvalue weighted by atomic mass is 9.57. The van der Waals surface area contributed by atoms with Gasteiger partial charge in [0.15, 0.2) is 5.75 Å².